The van der Waals surface area contributed by atoms with Crippen molar-refractivity contribution in [2.45, 2.75) is 37.9 Å². The van der Waals surface area contributed by atoms with Crippen LogP contribution in [0.3, 0.4) is 0 Å². The number of aromatic nitrogens is 3. The maximum Gasteiger partial charge on any atom is 0.322 e. The van der Waals surface area contributed by atoms with Gasteiger partial charge in [0, 0.05) is 38.3 Å². The van der Waals surface area contributed by atoms with Gasteiger partial charge >= 0.3 is 6.03 Å². The van der Waals surface area contributed by atoms with Crippen LogP contribution < -0.4 is 5.32 Å². The van der Waals surface area contributed by atoms with Crippen molar-refractivity contribution in [1.29, 1.82) is 0 Å². The van der Waals surface area contributed by atoms with Crippen molar-refractivity contribution in [3.63, 3.8) is 0 Å². The number of nitrogens with one attached hydrogen (secondary N) is 1. The zero-order valence-electron chi connectivity index (χ0n) is 16.4. The van der Waals surface area contributed by atoms with Crippen LogP contribution in [-0.2, 0) is 10.0 Å². The van der Waals surface area contributed by atoms with Gasteiger partial charge in [0.25, 0.3) is 0 Å². The molecule has 0 saturated carbocycles. The standard InChI is InChI=1S/C18H24N6O4S/c1-12-17(13(2)28-22-12)20-18(25)23-10-15(11-23)29(26,27)24-8-5-14(6-9-24)16-4-3-7-19-21-16/h3-4,7,14-15H,5-6,8-11H2,1-2H3,(H,20,25). The lowest BCUT2D eigenvalue weighted by Gasteiger charge is -2.42. The number of urea groups is 1. The van der Waals surface area contributed by atoms with E-state index in [1.54, 1.807) is 24.3 Å². The van der Waals surface area contributed by atoms with Crippen LogP contribution in [0, 0.1) is 13.8 Å². The van der Waals surface area contributed by atoms with Gasteiger partial charge in [0.1, 0.15) is 16.6 Å². The van der Waals surface area contributed by atoms with Crippen molar-refractivity contribution >= 4 is 21.7 Å². The Bertz CT molecular complexity index is 960. The highest BCUT2D eigenvalue weighted by molar-refractivity contribution is 7.89. The van der Waals surface area contributed by atoms with Crippen LogP contribution in [0.2, 0.25) is 0 Å². The number of carbonyl (C=O) groups is 1. The van der Waals surface area contributed by atoms with Crippen molar-refractivity contribution in [2.24, 2.45) is 0 Å². The Morgan fingerprint density at radius 3 is 2.55 bits per heavy atom. The normalized spacial score (nSPS) is 19.2. The van der Waals surface area contributed by atoms with E-state index in [-0.39, 0.29) is 25.0 Å². The molecule has 0 bridgehead atoms. The summed E-state index contributed by atoms with van der Waals surface area (Å²) < 4.78 is 32.4. The van der Waals surface area contributed by atoms with E-state index in [1.165, 1.54) is 4.90 Å². The van der Waals surface area contributed by atoms with Gasteiger partial charge in [-0.15, -0.1) is 0 Å². The molecule has 4 heterocycles. The fourth-order valence-corrected chi connectivity index (χ4v) is 5.67. The number of aryl methyl sites for hydroxylation is 2. The second-order valence-electron chi connectivity index (χ2n) is 7.52. The van der Waals surface area contributed by atoms with Crippen molar-refractivity contribution in [3.05, 3.63) is 35.5 Å². The van der Waals surface area contributed by atoms with Gasteiger partial charge in [-0.2, -0.15) is 10.2 Å². The molecule has 11 heteroatoms. The Morgan fingerprint density at radius 2 is 1.97 bits per heavy atom. The molecule has 0 spiro atoms. The SMILES string of the molecule is Cc1noc(C)c1NC(=O)N1CC(S(=O)(=O)N2CCC(c3cccnn3)CC2)C1. The number of amides is 2. The van der Waals surface area contributed by atoms with Crippen LogP contribution in [0.15, 0.2) is 22.9 Å². The number of nitrogens with zero attached hydrogens (tertiary/aromatic N) is 5. The quantitative estimate of drug-likeness (QED) is 0.795. The van der Waals surface area contributed by atoms with E-state index >= 15 is 0 Å². The number of carbonyl (C=O) groups excluding carboxylic acids is 1. The fourth-order valence-electron chi connectivity index (χ4n) is 3.79. The summed E-state index contributed by atoms with van der Waals surface area (Å²) in [6, 6.07) is 3.44. The van der Waals surface area contributed by atoms with E-state index in [1.807, 2.05) is 12.1 Å². The van der Waals surface area contributed by atoms with Gasteiger partial charge in [0.05, 0.1) is 5.69 Å². The van der Waals surface area contributed by atoms with Gasteiger partial charge in [0.15, 0.2) is 5.76 Å². The molecule has 2 saturated heterocycles. The lowest BCUT2D eigenvalue weighted by molar-refractivity contribution is 0.179. The first kappa shape index (κ1) is 19.8. The molecule has 2 aliphatic rings. The number of rotatable bonds is 4. The van der Waals surface area contributed by atoms with E-state index in [9.17, 15) is 13.2 Å². The molecule has 2 aromatic rings. The number of piperidine rings is 1. The smallest absolute Gasteiger partial charge is 0.322 e. The molecule has 0 atom stereocenters. The maximum absolute atomic E-state index is 12.9. The average molecular weight is 420 g/mol. The van der Waals surface area contributed by atoms with Gasteiger partial charge in [-0.1, -0.05) is 5.16 Å². The summed E-state index contributed by atoms with van der Waals surface area (Å²) in [4.78, 5) is 13.9. The summed E-state index contributed by atoms with van der Waals surface area (Å²) in [5.41, 5.74) is 2.04. The fraction of sp³-hybridized carbons (Fsp3) is 0.556. The molecule has 0 unspecified atom stereocenters. The van der Waals surface area contributed by atoms with E-state index in [4.69, 9.17) is 4.52 Å². The van der Waals surface area contributed by atoms with Crippen LogP contribution in [-0.4, -0.2) is 70.4 Å². The zero-order valence-corrected chi connectivity index (χ0v) is 17.2. The first-order chi connectivity index (χ1) is 13.9. The van der Waals surface area contributed by atoms with Gasteiger partial charge in [0.2, 0.25) is 10.0 Å². The third kappa shape index (κ3) is 3.84. The highest BCUT2D eigenvalue weighted by Crippen LogP contribution is 2.30. The number of anilines is 1. The molecule has 4 rings (SSSR count). The molecule has 2 aromatic heterocycles. The van der Waals surface area contributed by atoms with E-state index in [2.05, 4.69) is 20.7 Å². The Labute approximate surface area is 169 Å². The zero-order chi connectivity index (χ0) is 20.6. The first-order valence-corrected chi connectivity index (χ1v) is 11.1. The Balaban J connectivity index is 1.30. The molecule has 29 heavy (non-hydrogen) atoms. The van der Waals surface area contributed by atoms with Gasteiger partial charge < -0.3 is 14.7 Å². The van der Waals surface area contributed by atoms with Crippen molar-refractivity contribution in [1.82, 2.24) is 24.6 Å². The van der Waals surface area contributed by atoms with Crippen LogP contribution >= 0.6 is 0 Å². The minimum absolute atomic E-state index is 0.182. The third-order valence-corrected chi connectivity index (χ3v) is 7.87. The minimum Gasteiger partial charge on any atom is -0.359 e. The monoisotopic (exact) mass is 420 g/mol. The Morgan fingerprint density at radius 1 is 1.24 bits per heavy atom. The number of likely N-dealkylation sites (tertiary alicyclic amines) is 1. The molecule has 0 aromatic carbocycles. The largest absolute Gasteiger partial charge is 0.359 e. The van der Waals surface area contributed by atoms with Crippen LogP contribution in [0.5, 0.6) is 0 Å². The number of hydrogen-bond donors (Lipinski definition) is 1. The van der Waals surface area contributed by atoms with E-state index < -0.39 is 15.3 Å². The van der Waals surface area contributed by atoms with Crippen molar-refractivity contribution < 1.29 is 17.7 Å². The second-order valence-corrected chi connectivity index (χ2v) is 9.74. The number of sulfonamides is 1. The molecule has 2 fully saturated rings. The van der Waals surface area contributed by atoms with Gasteiger partial charge in [-0.3, -0.25) is 0 Å². The highest BCUT2D eigenvalue weighted by atomic mass is 32.2. The lowest BCUT2D eigenvalue weighted by atomic mass is 9.94. The van der Waals surface area contributed by atoms with Gasteiger partial charge in [-0.05, 0) is 38.8 Å². The first-order valence-electron chi connectivity index (χ1n) is 9.61. The summed E-state index contributed by atoms with van der Waals surface area (Å²) in [5, 5.41) is 14.0. The minimum atomic E-state index is -3.43. The molecule has 0 radical (unpaired) electrons. The molecular formula is C18H24N6O4S. The Kier molecular flexibility index (Phi) is 5.26. The van der Waals surface area contributed by atoms with Crippen molar-refractivity contribution in [2.75, 3.05) is 31.5 Å². The van der Waals surface area contributed by atoms with E-state index in [0.29, 0.717) is 30.2 Å². The van der Waals surface area contributed by atoms with Gasteiger partial charge in [-0.25, -0.2) is 17.5 Å². The topological polar surface area (TPSA) is 122 Å². The van der Waals surface area contributed by atoms with Crippen LogP contribution in [0.4, 0.5) is 10.5 Å². The third-order valence-electron chi connectivity index (χ3n) is 5.65. The highest BCUT2D eigenvalue weighted by Gasteiger charge is 2.44. The molecule has 10 nitrogen and oxygen atoms in total. The predicted octanol–water partition coefficient (Wildman–Crippen LogP) is 1.51. The molecule has 2 aliphatic heterocycles. The summed E-state index contributed by atoms with van der Waals surface area (Å²) in [6.07, 6.45) is 3.08. The molecule has 0 aliphatic carbocycles. The van der Waals surface area contributed by atoms with Crippen LogP contribution in [0.1, 0.15) is 35.9 Å². The summed E-state index contributed by atoms with van der Waals surface area (Å²) in [5.74, 6) is 0.750. The summed E-state index contributed by atoms with van der Waals surface area (Å²) >= 11 is 0. The summed E-state index contributed by atoms with van der Waals surface area (Å²) in [6.45, 7) is 4.74. The average Bonchev–Trinajstić information content (AvgIpc) is 2.99. The molecule has 156 valence electrons. The molecule has 2 amide bonds. The Hall–Kier alpha value is -2.53. The second kappa shape index (κ2) is 7.71. The molecular weight excluding hydrogens is 396 g/mol. The van der Waals surface area contributed by atoms with E-state index in [0.717, 1.165) is 18.5 Å². The number of hydrogen-bond acceptors (Lipinski definition) is 7. The van der Waals surface area contributed by atoms with Crippen molar-refractivity contribution in [3.8, 4) is 0 Å². The van der Waals surface area contributed by atoms with Crippen LogP contribution in [0.25, 0.3) is 0 Å². The molecule has 1 N–H and O–H groups in total. The maximum atomic E-state index is 12.9. The summed E-state index contributed by atoms with van der Waals surface area (Å²) in [7, 11) is -3.43. The predicted molar refractivity (Wildman–Crippen MR) is 105 cm³/mol. The lowest BCUT2D eigenvalue weighted by Crippen LogP contribution is -2.61.